The predicted octanol–water partition coefficient (Wildman–Crippen LogP) is 3.56. The number of benzene rings is 1. The Morgan fingerprint density at radius 1 is 1.31 bits per heavy atom. The molecule has 1 aromatic heterocycles. The summed E-state index contributed by atoms with van der Waals surface area (Å²) >= 11 is 4.90. The second-order valence-electron chi connectivity index (χ2n) is 3.66. The summed E-state index contributed by atoms with van der Waals surface area (Å²) < 4.78 is 13.9. The third-order valence-electron chi connectivity index (χ3n) is 2.64. The van der Waals surface area contributed by atoms with Crippen LogP contribution in [-0.4, -0.2) is 9.97 Å². The van der Waals surface area contributed by atoms with E-state index in [2.05, 4.69) is 9.97 Å². The number of hydrogen-bond acceptors (Lipinski definition) is 2. The molecule has 2 rings (SSSR count). The maximum atomic E-state index is 13.6. The minimum Gasteiger partial charge on any atom is -0.328 e. The first-order valence-corrected chi connectivity index (χ1v) is 5.32. The lowest BCUT2D eigenvalue weighted by Crippen LogP contribution is -1.95. The van der Waals surface area contributed by atoms with Crippen LogP contribution in [0.1, 0.15) is 11.1 Å². The van der Waals surface area contributed by atoms with Crippen LogP contribution in [0.2, 0.25) is 0 Å². The normalized spacial score (nSPS) is 10.4. The van der Waals surface area contributed by atoms with Crippen LogP contribution in [0.5, 0.6) is 0 Å². The molecule has 0 saturated carbocycles. The highest BCUT2D eigenvalue weighted by Crippen LogP contribution is 2.25. The quantitative estimate of drug-likeness (QED) is 0.764. The van der Waals surface area contributed by atoms with E-state index in [1.54, 1.807) is 0 Å². The van der Waals surface area contributed by atoms with Crippen molar-refractivity contribution in [3.8, 4) is 11.3 Å². The lowest BCUT2D eigenvalue weighted by molar-refractivity contribution is 0.617. The maximum absolute atomic E-state index is 13.6. The Morgan fingerprint density at radius 3 is 2.81 bits per heavy atom. The number of nitrogens with zero attached hydrogens (tertiary/aromatic N) is 1. The van der Waals surface area contributed by atoms with Crippen LogP contribution in [0.15, 0.2) is 24.4 Å². The molecular weight excluding hydrogens is 223 g/mol. The Hall–Kier alpha value is -1.55. The summed E-state index contributed by atoms with van der Waals surface area (Å²) in [5.74, 6) is -0.387. The fourth-order valence-corrected chi connectivity index (χ4v) is 1.75. The van der Waals surface area contributed by atoms with Crippen LogP contribution in [0.3, 0.4) is 0 Å². The van der Waals surface area contributed by atoms with E-state index in [0.717, 1.165) is 22.9 Å². The molecule has 0 amide bonds. The smallest absolute Gasteiger partial charge is 0.197 e. The number of nitrogens with one attached hydrogen (secondary N) is 1. The van der Waals surface area contributed by atoms with Gasteiger partial charge in [-0.25, -0.2) is 9.37 Å². The fourth-order valence-electron chi connectivity index (χ4n) is 1.60. The zero-order valence-electron chi connectivity index (χ0n) is 9.04. The molecule has 2 aromatic rings. The van der Waals surface area contributed by atoms with Gasteiger partial charge in [-0.2, -0.15) is 0 Å². The number of halogens is 1. The summed E-state index contributed by atoms with van der Waals surface area (Å²) in [4.78, 5) is 6.49. The summed E-state index contributed by atoms with van der Waals surface area (Å²) in [7, 11) is 0. The van der Waals surface area contributed by atoms with E-state index in [9.17, 15) is 4.39 Å². The zero-order chi connectivity index (χ0) is 11.7. The molecule has 0 radical (unpaired) electrons. The topological polar surface area (TPSA) is 28.7 Å². The molecule has 0 unspecified atom stereocenters. The molecule has 0 aliphatic heterocycles. The predicted molar refractivity (Wildman–Crippen MR) is 64.3 cm³/mol. The Kier molecular flexibility index (Phi) is 2.83. The first-order chi connectivity index (χ1) is 7.59. The number of hydrogen-bond donors (Lipinski definition) is 1. The van der Waals surface area contributed by atoms with Crippen LogP contribution in [-0.2, 0) is 0 Å². The standard InChI is InChI=1S/C12H11FN2S/c1-7-4-3-5-9(8(7)2)11-10(13)6-14-12(16)15-11/h3-6H,1-2H3,(H,14,15,16). The molecule has 4 heteroatoms. The van der Waals surface area contributed by atoms with E-state index in [4.69, 9.17) is 12.2 Å². The van der Waals surface area contributed by atoms with Gasteiger partial charge in [-0.1, -0.05) is 18.2 Å². The van der Waals surface area contributed by atoms with Crippen molar-refractivity contribution in [3.05, 3.63) is 46.1 Å². The number of rotatable bonds is 1. The van der Waals surface area contributed by atoms with E-state index in [1.165, 1.54) is 0 Å². The van der Waals surface area contributed by atoms with Gasteiger partial charge in [-0.3, -0.25) is 0 Å². The second-order valence-corrected chi connectivity index (χ2v) is 4.05. The van der Waals surface area contributed by atoms with Gasteiger partial charge < -0.3 is 4.98 Å². The molecular formula is C12H11FN2S. The summed E-state index contributed by atoms with van der Waals surface area (Å²) in [6, 6.07) is 5.76. The third kappa shape index (κ3) is 1.88. The second kappa shape index (κ2) is 4.14. The molecule has 16 heavy (non-hydrogen) atoms. The molecule has 1 N–H and O–H groups in total. The summed E-state index contributed by atoms with van der Waals surface area (Å²) in [5.41, 5.74) is 3.39. The number of aryl methyl sites for hydroxylation is 1. The van der Waals surface area contributed by atoms with Gasteiger partial charge in [0.05, 0.1) is 11.9 Å². The van der Waals surface area contributed by atoms with Crippen LogP contribution >= 0.6 is 12.2 Å². The van der Waals surface area contributed by atoms with Gasteiger partial charge in [0.15, 0.2) is 10.6 Å². The largest absolute Gasteiger partial charge is 0.328 e. The van der Waals surface area contributed by atoms with E-state index in [1.807, 2.05) is 32.0 Å². The highest BCUT2D eigenvalue weighted by Gasteiger charge is 2.09. The Morgan fingerprint density at radius 2 is 2.06 bits per heavy atom. The van der Waals surface area contributed by atoms with Gasteiger partial charge in [0.1, 0.15) is 0 Å². The average Bonchev–Trinajstić information content (AvgIpc) is 2.26. The van der Waals surface area contributed by atoms with Crippen molar-refractivity contribution in [2.24, 2.45) is 0 Å². The molecule has 2 nitrogen and oxygen atoms in total. The number of aromatic nitrogens is 2. The minimum atomic E-state index is -0.387. The van der Waals surface area contributed by atoms with Gasteiger partial charge >= 0.3 is 0 Å². The lowest BCUT2D eigenvalue weighted by atomic mass is 10.0. The molecule has 0 spiro atoms. The molecule has 0 aliphatic carbocycles. The van der Waals surface area contributed by atoms with Crippen molar-refractivity contribution in [1.29, 1.82) is 0 Å². The summed E-state index contributed by atoms with van der Waals surface area (Å²) in [5, 5.41) is 0. The third-order valence-corrected chi connectivity index (χ3v) is 2.85. The molecule has 0 aliphatic rings. The van der Waals surface area contributed by atoms with Crippen molar-refractivity contribution in [3.63, 3.8) is 0 Å². The molecule has 0 bridgehead atoms. The molecule has 82 valence electrons. The van der Waals surface area contributed by atoms with Crippen molar-refractivity contribution >= 4 is 12.2 Å². The van der Waals surface area contributed by atoms with Crippen LogP contribution in [0.25, 0.3) is 11.3 Å². The van der Waals surface area contributed by atoms with Gasteiger partial charge in [0.25, 0.3) is 0 Å². The van der Waals surface area contributed by atoms with Crippen molar-refractivity contribution < 1.29 is 4.39 Å². The van der Waals surface area contributed by atoms with Crippen LogP contribution < -0.4 is 0 Å². The van der Waals surface area contributed by atoms with Gasteiger partial charge in [-0.05, 0) is 37.2 Å². The number of aromatic amines is 1. The fraction of sp³-hybridized carbons (Fsp3) is 0.167. The first kappa shape index (κ1) is 11.0. The van der Waals surface area contributed by atoms with Crippen LogP contribution in [0.4, 0.5) is 4.39 Å². The Bertz CT molecular complexity index is 590. The van der Waals surface area contributed by atoms with Gasteiger partial charge in [0, 0.05) is 5.56 Å². The van der Waals surface area contributed by atoms with E-state index >= 15 is 0 Å². The molecule has 1 heterocycles. The summed E-state index contributed by atoms with van der Waals surface area (Å²) in [6.45, 7) is 3.95. The minimum absolute atomic E-state index is 0.289. The van der Waals surface area contributed by atoms with E-state index in [0.29, 0.717) is 5.69 Å². The zero-order valence-corrected chi connectivity index (χ0v) is 9.86. The molecule has 0 fully saturated rings. The monoisotopic (exact) mass is 234 g/mol. The van der Waals surface area contributed by atoms with Gasteiger partial charge in [0.2, 0.25) is 0 Å². The van der Waals surface area contributed by atoms with Crippen molar-refractivity contribution in [2.75, 3.05) is 0 Å². The van der Waals surface area contributed by atoms with Crippen molar-refractivity contribution in [1.82, 2.24) is 9.97 Å². The first-order valence-electron chi connectivity index (χ1n) is 4.91. The van der Waals surface area contributed by atoms with Crippen molar-refractivity contribution in [2.45, 2.75) is 13.8 Å². The summed E-state index contributed by atoms with van der Waals surface area (Å²) in [6.07, 6.45) is 1.15. The number of H-pyrrole nitrogens is 1. The molecule has 0 saturated heterocycles. The Labute approximate surface area is 98.2 Å². The van der Waals surface area contributed by atoms with E-state index in [-0.39, 0.29) is 10.6 Å². The lowest BCUT2D eigenvalue weighted by Gasteiger charge is -2.09. The highest BCUT2D eigenvalue weighted by atomic mass is 32.1. The van der Waals surface area contributed by atoms with Gasteiger partial charge in [-0.15, -0.1) is 0 Å². The highest BCUT2D eigenvalue weighted by molar-refractivity contribution is 7.71. The van der Waals surface area contributed by atoms with E-state index < -0.39 is 0 Å². The Balaban J connectivity index is 2.72. The maximum Gasteiger partial charge on any atom is 0.197 e. The SMILES string of the molecule is Cc1cccc(-c2[nH]c(=S)ncc2F)c1C. The average molecular weight is 234 g/mol. The molecule has 1 aromatic carbocycles. The van der Waals surface area contributed by atoms with Crippen LogP contribution in [0, 0.1) is 24.4 Å². The molecule has 0 atom stereocenters.